The van der Waals surface area contributed by atoms with Crippen LogP contribution in [0.15, 0.2) is 48.5 Å². The highest BCUT2D eigenvalue weighted by atomic mass is 16.5. The third-order valence-corrected chi connectivity index (χ3v) is 4.27. The fraction of sp³-hybridized carbons (Fsp3) is 0.300. The van der Waals surface area contributed by atoms with Crippen LogP contribution in [0.4, 0.5) is 11.4 Å². The van der Waals surface area contributed by atoms with Crippen molar-refractivity contribution >= 4 is 23.2 Å². The molecule has 142 valence electrons. The molecule has 0 spiro atoms. The van der Waals surface area contributed by atoms with Gasteiger partial charge in [0.15, 0.2) is 18.1 Å². The number of hydrogen-bond donors (Lipinski definition) is 3. The number of ether oxygens (including phenoxy) is 2. The van der Waals surface area contributed by atoms with Crippen LogP contribution >= 0.6 is 0 Å². The Morgan fingerprint density at radius 3 is 2.52 bits per heavy atom. The minimum absolute atomic E-state index is 0.0111. The van der Waals surface area contributed by atoms with Gasteiger partial charge in [0, 0.05) is 17.9 Å². The second-order valence-corrected chi connectivity index (χ2v) is 6.25. The molecular weight excluding hydrogens is 346 g/mol. The molecule has 1 unspecified atom stereocenters. The van der Waals surface area contributed by atoms with E-state index in [9.17, 15) is 9.59 Å². The summed E-state index contributed by atoms with van der Waals surface area (Å²) in [4.78, 5) is 24.4. The number of carbonyl (C=O) groups excluding carboxylic acids is 2. The Hall–Kier alpha value is -3.06. The topological polar surface area (TPSA) is 88.7 Å². The molecule has 0 aliphatic carbocycles. The number of rotatable bonds is 7. The van der Waals surface area contributed by atoms with Crippen LogP contribution in [0.3, 0.4) is 0 Å². The summed E-state index contributed by atoms with van der Waals surface area (Å²) in [5.74, 6) is 0.739. The van der Waals surface area contributed by atoms with E-state index in [1.165, 1.54) is 0 Å². The van der Waals surface area contributed by atoms with Gasteiger partial charge in [-0.3, -0.25) is 9.59 Å². The Morgan fingerprint density at radius 2 is 1.81 bits per heavy atom. The van der Waals surface area contributed by atoms with Gasteiger partial charge in [0.25, 0.3) is 5.91 Å². The van der Waals surface area contributed by atoms with Gasteiger partial charge >= 0.3 is 0 Å². The Balaban J connectivity index is 1.54. The molecule has 27 heavy (non-hydrogen) atoms. The van der Waals surface area contributed by atoms with E-state index in [1.807, 2.05) is 12.1 Å². The van der Waals surface area contributed by atoms with E-state index < -0.39 is 0 Å². The van der Waals surface area contributed by atoms with Gasteiger partial charge in [-0.1, -0.05) is 18.2 Å². The lowest BCUT2D eigenvalue weighted by atomic mass is 10.1. The van der Waals surface area contributed by atoms with Crippen molar-refractivity contribution in [3.8, 4) is 11.5 Å². The zero-order chi connectivity index (χ0) is 19.1. The van der Waals surface area contributed by atoms with Crippen molar-refractivity contribution < 1.29 is 19.1 Å². The van der Waals surface area contributed by atoms with Gasteiger partial charge in [-0.15, -0.1) is 0 Å². The highest BCUT2D eigenvalue weighted by Crippen LogP contribution is 2.25. The maximum absolute atomic E-state index is 12.2. The highest BCUT2D eigenvalue weighted by molar-refractivity contribution is 5.95. The fourth-order valence-electron chi connectivity index (χ4n) is 2.88. The first-order valence-corrected chi connectivity index (χ1v) is 8.83. The molecule has 0 saturated carbocycles. The first kappa shape index (κ1) is 18.7. The van der Waals surface area contributed by atoms with Crippen molar-refractivity contribution in [2.45, 2.75) is 6.42 Å². The lowest BCUT2D eigenvalue weighted by Crippen LogP contribution is -2.24. The molecule has 3 rings (SSSR count). The quantitative estimate of drug-likeness (QED) is 0.697. The minimum Gasteiger partial charge on any atom is -0.493 e. The summed E-state index contributed by atoms with van der Waals surface area (Å²) < 4.78 is 10.7. The van der Waals surface area contributed by atoms with Gasteiger partial charge in [-0.2, -0.15) is 0 Å². The number of benzene rings is 2. The van der Waals surface area contributed by atoms with Crippen LogP contribution in [0.1, 0.15) is 6.42 Å². The van der Waals surface area contributed by atoms with Gasteiger partial charge in [0.2, 0.25) is 5.91 Å². The van der Waals surface area contributed by atoms with Crippen LogP contribution in [0, 0.1) is 5.92 Å². The Labute approximate surface area is 158 Å². The second-order valence-electron chi connectivity index (χ2n) is 6.25. The molecule has 1 fully saturated rings. The third-order valence-electron chi connectivity index (χ3n) is 4.27. The Morgan fingerprint density at radius 1 is 1.07 bits per heavy atom. The molecule has 3 N–H and O–H groups in total. The summed E-state index contributed by atoms with van der Waals surface area (Å²) in [6, 6.07) is 14.2. The highest BCUT2D eigenvalue weighted by Gasteiger charge is 2.22. The second kappa shape index (κ2) is 9.05. The number of nitrogens with one attached hydrogen (secondary N) is 3. The summed E-state index contributed by atoms with van der Waals surface area (Å²) >= 11 is 0. The maximum Gasteiger partial charge on any atom is 0.262 e. The molecule has 1 heterocycles. The van der Waals surface area contributed by atoms with Gasteiger partial charge in [0.05, 0.1) is 13.0 Å². The molecule has 0 radical (unpaired) electrons. The molecular formula is C20H23N3O4. The van der Waals surface area contributed by atoms with Crippen molar-refractivity contribution in [3.05, 3.63) is 48.5 Å². The van der Waals surface area contributed by atoms with Gasteiger partial charge in [-0.05, 0) is 43.3 Å². The van der Waals surface area contributed by atoms with Crippen LogP contribution in [0.2, 0.25) is 0 Å². The smallest absolute Gasteiger partial charge is 0.262 e. The van der Waals surface area contributed by atoms with Crippen molar-refractivity contribution in [3.63, 3.8) is 0 Å². The number of para-hydroxylation sites is 2. The maximum atomic E-state index is 12.2. The molecule has 2 aromatic rings. The van der Waals surface area contributed by atoms with Crippen molar-refractivity contribution in [2.75, 3.05) is 37.4 Å². The molecule has 2 amide bonds. The zero-order valence-corrected chi connectivity index (χ0v) is 15.2. The van der Waals surface area contributed by atoms with Crippen LogP contribution in [0.5, 0.6) is 11.5 Å². The standard InChI is InChI=1S/C20H23N3O4/c1-26-17-7-2-3-8-18(17)27-13-19(24)22-15-5-4-6-16(11-15)23-20(25)14-9-10-21-12-14/h2-8,11,14,21H,9-10,12-13H2,1H3,(H,22,24)(H,23,25). The molecule has 1 aliphatic rings. The summed E-state index contributed by atoms with van der Waals surface area (Å²) in [6.45, 7) is 1.41. The average molecular weight is 369 g/mol. The molecule has 2 aromatic carbocycles. The van der Waals surface area contributed by atoms with Crippen LogP contribution in [-0.2, 0) is 9.59 Å². The molecule has 0 bridgehead atoms. The van der Waals surface area contributed by atoms with Crippen LogP contribution in [0.25, 0.3) is 0 Å². The third kappa shape index (κ3) is 5.21. The normalized spacial score (nSPS) is 15.8. The van der Waals surface area contributed by atoms with E-state index >= 15 is 0 Å². The van der Waals surface area contributed by atoms with Crippen LogP contribution in [-0.4, -0.2) is 38.6 Å². The Bertz CT molecular complexity index is 803. The lowest BCUT2D eigenvalue weighted by molar-refractivity contribution is -0.119. The van der Waals surface area contributed by atoms with E-state index in [0.717, 1.165) is 13.0 Å². The summed E-state index contributed by atoms with van der Waals surface area (Å²) in [7, 11) is 1.55. The number of carbonyl (C=O) groups is 2. The van der Waals surface area contributed by atoms with E-state index in [1.54, 1.807) is 43.5 Å². The van der Waals surface area contributed by atoms with E-state index in [-0.39, 0.29) is 24.3 Å². The molecule has 7 heteroatoms. The molecule has 1 saturated heterocycles. The van der Waals surface area contributed by atoms with Gasteiger partial charge < -0.3 is 25.4 Å². The minimum atomic E-state index is -0.302. The van der Waals surface area contributed by atoms with E-state index in [0.29, 0.717) is 29.4 Å². The monoisotopic (exact) mass is 369 g/mol. The predicted octanol–water partition coefficient (Wildman–Crippen LogP) is 2.26. The van der Waals surface area contributed by atoms with Gasteiger partial charge in [-0.25, -0.2) is 0 Å². The number of amides is 2. The summed E-state index contributed by atoms with van der Waals surface area (Å²) in [5.41, 5.74) is 1.24. The number of anilines is 2. The molecule has 7 nitrogen and oxygen atoms in total. The first-order chi connectivity index (χ1) is 13.2. The van der Waals surface area contributed by atoms with E-state index in [2.05, 4.69) is 16.0 Å². The summed E-state index contributed by atoms with van der Waals surface area (Å²) in [6.07, 6.45) is 0.836. The average Bonchev–Trinajstić information content (AvgIpc) is 3.22. The van der Waals surface area contributed by atoms with Crippen molar-refractivity contribution in [1.29, 1.82) is 0 Å². The van der Waals surface area contributed by atoms with Crippen molar-refractivity contribution in [1.82, 2.24) is 5.32 Å². The largest absolute Gasteiger partial charge is 0.493 e. The number of hydrogen-bond acceptors (Lipinski definition) is 5. The van der Waals surface area contributed by atoms with Crippen LogP contribution < -0.4 is 25.4 Å². The number of methoxy groups -OCH3 is 1. The fourth-order valence-corrected chi connectivity index (χ4v) is 2.88. The van der Waals surface area contributed by atoms with Crippen molar-refractivity contribution in [2.24, 2.45) is 5.92 Å². The first-order valence-electron chi connectivity index (χ1n) is 8.83. The molecule has 0 aromatic heterocycles. The van der Waals surface area contributed by atoms with E-state index in [4.69, 9.17) is 9.47 Å². The SMILES string of the molecule is COc1ccccc1OCC(=O)Nc1cccc(NC(=O)C2CCNC2)c1. The Kier molecular flexibility index (Phi) is 6.27. The molecule has 1 atom stereocenters. The zero-order valence-electron chi connectivity index (χ0n) is 15.2. The summed E-state index contributed by atoms with van der Waals surface area (Å²) in [5, 5.41) is 8.83. The predicted molar refractivity (Wildman–Crippen MR) is 103 cm³/mol. The molecule has 1 aliphatic heterocycles. The lowest BCUT2D eigenvalue weighted by Gasteiger charge is -2.12. The van der Waals surface area contributed by atoms with Gasteiger partial charge in [0.1, 0.15) is 0 Å².